The highest BCUT2D eigenvalue weighted by Gasteiger charge is 2.33. The SMILES string of the molecule is C[C@H]1c2nn(C)c(-c3ccc(OC(F)F)c(F)c3)c2CCN1C(=O)c1ccc2nccnc2c1. The van der Waals surface area contributed by atoms with Gasteiger partial charge in [-0.15, -0.1) is 0 Å². The molecule has 4 aromatic rings. The van der Waals surface area contributed by atoms with Crippen molar-refractivity contribution in [3.05, 3.63) is 71.4 Å². The first-order valence-corrected chi connectivity index (χ1v) is 10.7. The Kier molecular flexibility index (Phi) is 5.43. The van der Waals surface area contributed by atoms with Crippen molar-refractivity contribution in [3.63, 3.8) is 0 Å². The highest BCUT2D eigenvalue weighted by Crippen LogP contribution is 2.37. The second kappa shape index (κ2) is 8.44. The molecule has 0 saturated carbocycles. The van der Waals surface area contributed by atoms with Crippen LogP contribution in [-0.2, 0) is 13.5 Å². The van der Waals surface area contributed by atoms with Crippen molar-refractivity contribution in [2.75, 3.05) is 6.54 Å². The van der Waals surface area contributed by atoms with E-state index >= 15 is 0 Å². The third-order valence-electron chi connectivity index (χ3n) is 6.04. The maximum atomic E-state index is 14.4. The first kappa shape index (κ1) is 21.9. The molecule has 5 rings (SSSR count). The number of rotatable bonds is 4. The number of hydrogen-bond acceptors (Lipinski definition) is 5. The first-order chi connectivity index (χ1) is 16.3. The van der Waals surface area contributed by atoms with Crippen LogP contribution in [0.2, 0.25) is 0 Å². The van der Waals surface area contributed by atoms with Crippen molar-refractivity contribution in [2.24, 2.45) is 7.05 Å². The monoisotopic (exact) mass is 467 g/mol. The summed E-state index contributed by atoms with van der Waals surface area (Å²) in [7, 11) is 1.73. The molecule has 3 heterocycles. The van der Waals surface area contributed by atoms with E-state index in [1.165, 1.54) is 12.1 Å². The standard InChI is InChI=1S/C24H20F3N5O2/c1-13-21-16(22(31(2)30-21)14-4-6-20(17(25)11-14)34-24(26)27)7-10-32(13)23(33)15-3-5-18-19(12-15)29-9-8-28-18/h3-6,8-9,11-13,24H,7,10H2,1-2H3/t13-/m0/s1. The molecule has 174 valence electrons. The van der Waals surface area contributed by atoms with Crippen molar-refractivity contribution >= 4 is 16.9 Å². The molecular weight excluding hydrogens is 447 g/mol. The van der Waals surface area contributed by atoms with Gasteiger partial charge in [0, 0.05) is 42.7 Å². The second-order valence-electron chi connectivity index (χ2n) is 8.04. The zero-order valence-electron chi connectivity index (χ0n) is 18.4. The molecule has 0 fully saturated rings. The molecule has 1 aliphatic rings. The predicted molar refractivity (Wildman–Crippen MR) is 118 cm³/mol. The van der Waals surface area contributed by atoms with E-state index in [0.29, 0.717) is 46.5 Å². The van der Waals surface area contributed by atoms with Gasteiger partial charge in [0.1, 0.15) is 0 Å². The topological polar surface area (TPSA) is 73.1 Å². The van der Waals surface area contributed by atoms with Crippen molar-refractivity contribution in [1.82, 2.24) is 24.6 Å². The molecular formula is C24H20F3N5O2. The third-order valence-corrected chi connectivity index (χ3v) is 6.04. The summed E-state index contributed by atoms with van der Waals surface area (Å²) in [6, 6.07) is 8.77. The largest absolute Gasteiger partial charge is 0.432 e. The molecule has 2 aromatic carbocycles. The minimum Gasteiger partial charge on any atom is -0.432 e. The van der Waals surface area contributed by atoms with Gasteiger partial charge in [-0.1, -0.05) is 0 Å². The van der Waals surface area contributed by atoms with Gasteiger partial charge in [-0.25, -0.2) is 4.39 Å². The van der Waals surface area contributed by atoms with Gasteiger partial charge < -0.3 is 9.64 Å². The lowest BCUT2D eigenvalue weighted by molar-refractivity contribution is -0.0521. The third kappa shape index (κ3) is 3.74. The summed E-state index contributed by atoms with van der Waals surface area (Å²) in [4.78, 5) is 23.6. The molecule has 1 amide bonds. The Morgan fingerprint density at radius 2 is 1.88 bits per heavy atom. The minimum absolute atomic E-state index is 0.141. The van der Waals surface area contributed by atoms with E-state index in [1.54, 1.807) is 47.2 Å². The molecule has 2 aromatic heterocycles. The lowest BCUT2D eigenvalue weighted by atomic mass is 9.95. The van der Waals surface area contributed by atoms with Crippen LogP contribution in [0.4, 0.5) is 13.2 Å². The predicted octanol–water partition coefficient (Wildman–Crippen LogP) is 4.53. The van der Waals surface area contributed by atoms with Crippen LogP contribution in [0.1, 0.15) is 34.6 Å². The summed E-state index contributed by atoms with van der Waals surface area (Å²) in [5.74, 6) is -1.54. The smallest absolute Gasteiger partial charge is 0.387 e. The van der Waals surface area contributed by atoms with Gasteiger partial charge in [0.15, 0.2) is 11.6 Å². The van der Waals surface area contributed by atoms with Gasteiger partial charge in [0.25, 0.3) is 5.91 Å². The van der Waals surface area contributed by atoms with Crippen LogP contribution in [0.25, 0.3) is 22.3 Å². The molecule has 0 N–H and O–H groups in total. The van der Waals surface area contributed by atoms with E-state index in [-0.39, 0.29) is 11.9 Å². The van der Waals surface area contributed by atoms with Crippen LogP contribution < -0.4 is 4.74 Å². The second-order valence-corrected chi connectivity index (χ2v) is 8.04. The summed E-state index contributed by atoms with van der Waals surface area (Å²) in [5, 5.41) is 4.61. The summed E-state index contributed by atoms with van der Waals surface area (Å²) in [6.07, 6.45) is 3.69. The van der Waals surface area contributed by atoms with Gasteiger partial charge in [-0.3, -0.25) is 19.4 Å². The lowest BCUT2D eigenvalue weighted by Gasteiger charge is -2.33. The molecule has 7 nitrogen and oxygen atoms in total. The number of carbonyl (C=O) groups excluding carboxylic acids is 1. The highest BCUT2D eigenvalue weighted by atomic mass is 19.3. The average Bonchev–Trinajstić information content (AvgIpc) is 3.16. The van der Waals surface area contributed by atoms with Crippen LogP contribution in [-0.4, -0.2) is 43.7 Å². The molecule has 0 aliphatic carbocycles. The molecule has 34 heavy (non-hydrogen) atoms. The number of amides is 1. The number of fused-ring (bicyclic) bond motifs is 2. The Bertz CT molecular complexity index is 1400. The van der Waals surface area contributed by atoms with Crippen LogP contribution >= 0.6 is 0 Å². The fourth-order valence-corrected chi connectivity index (χ4v) is 4.48. The van der Waals surface area contributed by atoms with E-state index in [1.807, 2.05) is 6.92 Å². The van der Waals surface area contributed by atoms with Crippen molar-refractivity contribution in [2.45, 2.75) is 26.0 Å². The van der Waals surface area contributed by atoms with E-state index in [9.17, 15) is 18.0 Å². The summed E-state index contributed by atoms with van der Waals surface area (Å²) in [5.41, 5.74) is 4.64. The summed E-state index contributed by atoms with van der Waals surface area (Å²) >= 11 is 0. The Labute approximate surface area is 192 Å². The number of halogens is 3. The van der Waals surface area contributed by atoms with Gasteiger partial charge in [0.05, 0.1) is 28.5 Å². The average molecular weight is 467 g/mol. The zero-order chi connectivity index (χ0) is 24.0. The van der Waals surface area contributed by atoms with E-state index in [4.69, 9.17) is 0 Å². The van der Waals surface area contributed by atoms with Gasteiger partial charge in [0.2, 0.25) is 0 Å². The Balaban J connectivity index is 1.45. The first-order valence-electron chi connectivity index (χ1n) is 10.7. The molecule has 0 saturated heterocycles. The maximum absolute atomic E-state index is 14.4. The Hall–Kier alpha value is -3.95. The van der Waals surface area contributed by atoms with E-state index in [0.717, 1.165) is 11.6 Å². The summed E-state index contributed by atoms with van der Waals surface area (Å²) in [6.45, 7) is -0.767. The fourth-order valence-electron chi connectivity index (χ4n) is 4.48. The maximum Gasteiger partial charge on any atom is 0.387 e. The normalized spacial score (nSPS) is 15.6. The molecule has 0 spiro atoms. The van der Waals surface area contributed by atoms with Crippen molar-refractivity contribution in [1.29, 1.82) is 0 Å². The number of alkyl halides is 2. The van der Waals surface area contributed by atoms with Gasteiger partial charge >= 0.3 is 6.61 Å². The molecule has 10 heteroatoms. The van der Waals surface area contributed by atoms with Crippen LogP contribution in [0, 0.1) is 5.82 Å². The van der Waals surface area contributed by atoms with E-state index < -0.39 is 18.2 Å². The zero-order valence-corrected chi connectivity index (χ0v) is 18.4. The van der Waals surface area contributed by atoms with E-state index in [2.05, 4.69) is 19.8 Å². The van der Waals surface area contributed by atoms with Crippen LogP contribution in [0.3, 0.4) is 0 Å². The minimum atomic E-state index is -3.11. The van der Waals surface area contributed by atoms with Crippen LogP contribution in [0.15, 0.2) is 48.8 Å². The van der Waals surface area contributed by atoms with Gasteiger partial charge in [-0.2, -0.15) is 13.9 Å². The number of ether oxygens (including phenoxy) is 1. The van der Waals surface area contributed by atoms with Gasteiger partial charge in [-0.05, 0) is 49.7 Å². The quantitative estimate of drug-likeness (QED) is 0.441. The number of aromatic nitrogens is 4. The lowest BCUT2D eigenvalue weighted by Crippen LogP contribution is -2.38. The fraction of sp³-hybridized carbons (Fsp3) is 0.250. The Morgan fingerprint density at radius 1 is 1.12 bits per heavy atom. The molecule has 1 atom stereocenters. The van der Waals surface area contributed by atoms with Crippen molar-refractivity contribution in [3.8, 4) is 17.0 Å². The number of nitrogens with zero attached hydrogens (tertiary/aromatic N) is 5. The molecule has 0 bridgehead atoms. The van der Waals surface area contributed by atoms with Crippen molar-refractivity contribution < 1.29 is 22.7 Å². The number of aryl methyl sites for hydroxylation is 1. The highest BCUT2D eigenvalue weighted by molar-refractivity contribution is 5.97. The number of benzene rings is 2. The number of carbonyl (C=O) groups is 1. The molecule has 0 radical (unpaired) electrons. The van der Waals surface area contributed by atoms with Crippen LogP contribution in [0.5, 0.6) is 5.75 Å². The Morgan fingerprint density at radius 3 is 2.62 bits per heavy atom. The molecule has 0 unspecified atom stereocenters. The summed E-state index contributed by atoms with van der Waals surface area (Å²) < 4.78 is 45.1. The number of hydrogen-bond donors (Lipinski definition) is 0. The molecule has 1 aliphatic heterocycles.